The van der Waals surface area contributed by atoms with Gasteiger partial charge in [0.15, 0.2) is 5.75 Å². The Kier molecular flexibility index (Phi) is 4.45. The topological polar surface area (TPSA) is 91.0 Å². The SMILES string of the molecule is Cc1cc(Oc2ccnc3cc(C(N)=O)ccc23)c(-c2ccccn2)nc1C. The smallest absolute Gasteiger partial charge is 0.248 e. The van der Waals surface area contributed by atoms with Crippen LogP contribution < -0.4 is 10.5 Å². The number of hydrogen-bond acceptors (Lipinski definition) is 5. The Balaban J connectivity index is 1.83. The van der Waals surface area contributed by atoms with Crippen LogP contribution in [0, 0.1) is 13.8 Å². The first-order valence-electron chi connectivity index (χ1n) is 8.79. The van der Waals surface area contributed by atoms with Crippen LogP contribution >= 0.6 is 0 Å². The van der Waals surface area contributed by atoms with Crippen LogP contribution in [0.15, 0.2) is 60.9 Å². The molecule has 0 radical (unpaired) electrons. The summed E-state index contributed by atoms with van der Waals surface area (Å²) in [4.78, 5) is 24.9. The zero-order valence-electron chi connectivity index (χ0n) is 15.5. The lowest BCUT2D eigenvalue weighted by Gasteiger charge is -2.14. The van der Waals surface area contributed by atoms with Crippen LogP contribution in [-0.2, 0) is 0 Å². The number of nitrogens with two attached hydrogens (primary N) is 1. The molecule has 0 saturated carbocycles. The molecular formula is C22H18N4O2. The Morgan fingerprint density at radius 2 is 1.82 bits per heavy atom. The van der Waals surface area contributed by atoms with Gasteiger partial charge >= 0.3 is 0 Å². The van der Waals surface area contributed by atoms with Crippen molar-refractivity contribution in [1.82, 2.24) is 15.0 Å². The van der Waals surface area contributed by atoms with Gasteiger partial charge in [0.2, 0.25) is 5.91 Å². The first kappa shape index (κ1) is 17.6. The molecule has 0 saturated heterocycles. The predicted molar refractivity (Wildman–Crippen MR) is 107 cm³/mol. The molecule has 0 spiro atoms. The number of carbonyl (C=O) groups is 1. The first-order valence-corrected chi connectivity index (χ1v) is 8.79. The third kappa shape index (κ3) is 3.27. The normalized spacial score (nSPS) is 10.8. The highest BCUT2D eigenvalue weighted by molar-refractivity contribution is 5.97. The van der Waals surface area contributed by atoms with Crippen molar-refractivity contribution in [2.24, 2.45) is 5.73 Å². The molecule has 0 bridgehead atoms. The number of carbonyl (C=O) groups excluding carboxylic acids is 1. The summed E-state index contributed by atoms with van der Waals surface area (Å²) in [6.07, 6.45) is 3.36. The fourth-order valence-corrected chi connectivity index (χ4v) is 2.93. The average Bonchev–Trinajstić information content (AvgIpc) is 2.71. The summed E-state index contributed by atoms with van der Waals surface area (Å²) in [5.74, 6) is 0.724. The maximum absolute atomic E-state index is 11.4. The van der Waals surface area contributed by atoms with E-state index in [-0.39, 0.29) is 0 Å². The molecule has 2 N–H and O–H groups in total. The third-order valence-corrected chi connectivity index (χ3v) is 4.55. The largest absolute Gasteiger partial charge is 0.454 e. The molecule has 4 rings (SSSR count). The Bertz CT molecular complexity index is 1190. The van der Waals surface area contributed by atoms with Gasteiger partial charge in [0.25, 0.3) is 0 Å². The summed E-state index contributed by atoms with van der Waals surface area (Å²) in [6.45, 7) is 3.94. The second-order valence-corrected chi connectivity index (χ2v) is 6.46. The van der Waals surface area contributed by atoms with Crippen molar-refractivity contribution in [3.63, 3.8) is 0 Å². The van der Waals surface area contributed by atoms with Crippen LogP contribution in [0.25, 0.3) is 22.3 Å². The van der Waals surface area contributed by atoms with Gasteiger partial charge in [-0.1, -0.05) is 6.07 Å². The average molecular weight is 370 g/mol. The van der Waals surface area contributed by atoms with Gasteiger partial charge in [-0.15, -0.1) is 0 Å². The second-order valence-electron chi connectivity index (χ2n) is 6.46. The van der Waals surface area contributed by atoms with Crippen LogP contribution in [0.4, 0.5) is 0 Å². The van der Waals surface area contributed by atoms with Gasteiger partial charge < -0.3 is 10.5 Å². The molecule has 6 nitrogen and oxygen atoms in total. The minimum Gasteiger partial charge on any atom is -0.454 e. The van der Waals surface area contributed by atoms with Gasteiger partial charge in [-0.05, 0) is 61.9 Å². The van der Waals surface area contributed by atoms with E-state index >= 15 is 0 Å². The monoisotopic (exact) mass is 370 g/mol. The van der Waals surface area contributed by atoms with Crippen molar-refractivity contribution in [2.45, 2.75) is 13.8 Å². The van der Waals surface area contributed by atoms with Gasteiger partial charge in [-0.2, -0.15) is 0 Å². The number of hydrogen-bond donors (Lipinski definition) is 1. The maximum atomic E-state index is 11.4. The number of aryl methyl sites for hydroxylation is 2. The standard InChI is InChI=1S/C22H18N4O2/c1-13-11-20(21(26-14(13)2)17-5-3-4-9-24-17)28-19-8-10-25-18-12-15(22(23)27)6-7-16(18)19/h3-12H,1-2H3,(H2,23,27). The van der Waals surface area contributed by atoms with E-state index in [1.165, 1.54) is 0 Å². The molecule has 0 aliphatic carbocycles. The third-order valence-electron chi connectivity index (χ3n) is 4.55. The Morgan fingerprint density at radius 1 is 0.964 bits per heavy atom. The van der Waals surface area contributed by atoms with Crippen molar-refractivity contribution in [2.75, 3.05) is 0 Å². The van der Waals surface area contributed by atoms with Crippen molar-refractivity contribution in [3.8, 4) is 22.9 Å². The van der Waals surface area contributed by atoms with E-state index in [1.54, 1.807) is 36.7 Å². The molecule has 3 aromatic heterocycles. The number of aromatic nitrogens is 3. The van der Waals surface area contributed by atoms with Crippen LogP contribution in [0.3, 0.4) is 0 Å². The molecule has 0 unspecified atom stereocenters. The Hall–Kier alpha value is -3.80. The molecule has 0 aliphatic rings. The predicted octanol–water partition coefficient (Wildman–Crippen LogP) is 4.20. The number of fused-ring (bicyclic) bond motifs is 1. The lowest BCUT2D eigenvalue weighted by Crippen LogP contribution is -2.10. The van der Waals surface area contributed by atoms with Crippen molar-refractivity contribution in [1.29, 1.82) is 0 Å². The number of primary amides is 1. The summed E-state index contributed by atoms with van der Waals surface area (Å²) >= 11 is 0. The highest BCUT2D eigenvalue weighted by atomic mass is 16.5. The summed E-state index contributed by atoms with van der Waals surface area (Å²) < 4.78 is 6.25. The van der Waals surface area contributed by atoms with Crippen LogP contribution in [0.5, 0.6) is 11.5 Å². The molecule has 138 valence electrons. The zero-order valence-corrected chi connectivity index (χ0v) is 15.5. The molecule has 28 heavy (non-hydrogen) atoms. The fourth-order valence-electron chi connectivity index (χ4n) is 2.93. The summed E-state index contributed by atoms with van der Waals surface area (Å²) in [5.41, 5.74) is 9.73. The Morgan fingerprint density at radius 3 is 2.57 bits per heavy atom. The van der Waals surface area contributed by atoms with Crippen LogP contribution in [0.1, 0.15) is 21.6 Å². The molecule has 1 amide bonds. The van der Waals surface area contributed by atoms with Crippen molar-refractivity contribution in [3.05, 3.63) is 77.7 Å². The lowest BCUT2D eigenvalue weighted by atomic mass is 10.1. The summed E-state index contributed by atoms with van der Waals surface area (Å²) in [5, 5.41) is 0.776. The zero-order chi connectivity index (χ0) is 19.7. The van der Waals surface area contributed by atoms with E-state index in [4.69, 9.17) is 15.5 Å². The van der Waals surface area contributed by atoms with Gasteiger partial charge in [-0.25, -0.2) is 4.98 Å². The molecule has 0 aliphatic heterocycles. The molecule has 0 atom stereocenters. The van der Waals surface area contributed by atoms with Crippen LogP contribution in [0.2, 0.25) is 0 Å². The van der Waals surface area contributed by atoms with E-state index in [0.29, 0.717) is 28.3 Å². The van der Waals surface area contributed by atoms with E-state index in [2.05, 4.69) is 9.97 Å². The Labute approximate surface area is 162 Å². The van der Waals surface area contributed by atoms with Gasteiger partial charge in [-0.3, -0.25) is 14.8 Å². The minimum absolute atomic E-state index is 0.402. The van der Waals surface area contributed by atoms with Gasteiger partial charge in [0.1, 0.15) is 11.4 Å². The number of rotatable bonds is 4. The first-order chi connectivity index (χ1) is 13.5. The number of benzene rings is 1. The molecule has 4 aromatic rings. The number of nitrogens with zero attached hydrogens (tertiary/aromatic N) is 3. The summed E-state index contributed by atoms with van der Waals surface area (Å²) in [7, 11) is 0. The second kappa shape index (κ2) is 7.08. The van der Waals surface area contributed by atoms with Gasteiger partial charge in [0, 0.05) is 29.0 Å². The maximum Gasteiger partial charge on any atom is 0.248 e. The highest BCUT2D eigenvalue weighted by Gasteiger charge is 2.15. The molecule has 3 heterocycles. The molecule has 1 aromatic carbocycles. The minimum atomic E-state index is -0.495. The van der Waals surface area contributed by atoms with E-state index in [9.17, 15) is 4.79 Å². The van der Waals surface area contributed by atoms with Crippen molar-refractivity contribution >= 4 is 16.8 Å². The molecular weight excluding hydrogens is 352 g/mol. The number of pyridine rings is 3. The van der Waals surface area contributed by atoms with Crippen molar-refractivity contribution < 1.29 is 9.53 Å². The fraction of sp³-hybridized carbons (Fsp3) is 0.0909. The molecule has 0 fully saturated rings. The number of ether oxygens (including phenoxy) is 1. The highest BCUT2D eigenvalue weighted by Crippen LogP contribution is 2.35. The van der Waals surface area contributed by atoms with Crippen LogP contribution in [-0.4, -0.2) is 20.9 Å². The quantitative estimate of drug-likeness (QED) is 0.581. The molecule has 6 heteroatoms. The van der Waals surface area contributed by atoms with E-state index in [0.717, 1.165) is 22.3 Å². The summed E-state index contributed by atoms with van der Waals surface area (Å²) in [6, 6.07) is 14.5. The van der Waals surface area contributed by atoms with E-state index in [1.807, 2.05) is 38.1 Å². The van der Waals surface area contributed by atoms with E-state index < -0.39 is 5.91 Å². The lowest BCUT2D eigenvalue weighted by molar-refractivity contribution is 0.100. The number of amides is 1. The van der Waals surface area contributed by atoms with Gasteiger partial charge in [0.05, 0.1) is 11.2 Å².